The van der Waals surface area contributed by atoms with Crippen molar-refractivity contribution in [3.05, 3.63) is 71.0 Å². The summed E-state index contributed by atoms with van der Waals surface area (Å²) in [6.07, 6.45) is 0. The monoisotopic (exact) mass is 312 g/mol. The largest absolute Gasteiger partial charge is 0.338 e. The molecular weight excluding hydrogens is 291 g/mol. The first kappa shape index (κ1) is 15.7. The summed E-state index contributed by atoms with van der Waals surface area (Å²) in [5.74, 6) is -0.0252. The Bertz CT molecular complexity index is 682. The van der Waals surface area contributed by atoms with Gasteiger partial charge in [0.1, 0.15) is 5.82 Å². The molecule has 23 heavy (non-hydrogen) atoms. The van der Waals surface area contributed by atoms with Crippen molar-refractivity contribution in [3.8, 4) is 0 Å². The van der Waals surface area contributed by atoms with Crippen molar-refractivity contribution in [2.45, 2.75) is 12.8 Å². The number of nitrogens with two attached hydrogens (primary N) is 1. The van der Waals surface area contributed by atoms with Gasteiger partial charge in [-0.3, -0.25) is 4.79 Å². The van der Waals surface area contributed by atoms with Crippen molar-refractivity contribution in [3.63, 3.8) is 0 Å². The van der Waals surface area contributed by atoms with E-state index in [0.29, 0.717) is 25.2 Å². The summed E-state index contributed by atoms with van der Waals surface area (Å²) in [7, 11) is 0. The number of carbonyl (C=O) groups is 1. The normalized spacial score (nSPS) is 20.7. The second-order valence-corrected chi connectivity index (χ2v) is 6.24. The first-order chi connectivity index (χ1) is 11.1. The number of likely N-dealkylation sites (tertiary alicyclic amines) is 1. The minimum atomic E-state index is -0.373. The molecule has 3 nitrogen and oxygen atoms in total. The van der Waals surface area contributed by atoms with Gasteiger partial charge in [-0.2, -0.15) is 0 Å². The number of nitrogens with zero attached hydrogens (tertiary/aromatic N) is 1. The summed E-state index contributed by atoms with van der Waals surface area (Å²) in [6, 6.07) is 14.6. The first-order valence-corrected chi connectivity index (χ1v) is 7.90. The zero-order valence-electron chi connectivity index (χ0n) is 13.2. The Labute approximate surface area is 135 Å². The molecule has 0 saturated carbocycles. The molecular formula is C19H21FN2O. The maximum Gasteiger partial charge on any atom is 0.253 e. The van der Waals surface area contributed by atoms with Crippen molar-refractivity contribution >= 4 is 5.91 Å². The van der Waals surface area contributed by atoms with Crippen LogP contribution in [0.1, 0.15) is 27.4 Å². The van der Waals surface area contributed by atoms with Crippen LogP contribution < -0.4 is 5.73 Å². The van der Waals surface area contributed by atoms with Gasteiger partial charge in [-0.15, -0.1) is 0 Å². The van der Waals surface area contributed by atoms with E-state index >= 15 is 0 Å². The van der Waals surface area contributed by atoms with Gasteiger partial charge < -0.3 is 10.6 Å². The fourth-order valence-corrected chi connectivity index (χ4v) is 3.40. The molecule has 0 radical (unpaired) electrons. The smallest absolute Gasteiger partial charge is 0.253 e. The van der Waals surface area contributed by atoms with Crippen molar-refractivity contribution in [2.24, 2.45) is 11.7 Å². The number of carbonyl (C=O) groups excluding carboxylic acids is 1. The van der Waals surface area contributed by atoms with Gasteiger partial charge in [-0.1, -0.05) is 30.3 Å². The lowest BCUT2D eigenvalue weighted by molar-refractivity contribution is 0.0786. The highest BCUT2D eigenvalue weighted by molar-refractivity contribution is 5.94. The molecule has 0 spiro atoms. The van der Waals surface area contributed by atoms with Gasteiger partial charge in [0.2, 0.25) is 0 Å². The van der Waals surface area contributed by atoms with Gasteiger partial charge in [-0.05, 0) is 48.7 Å². The molecule has 120 valence electrons. The molecule has 0 aromatic heterocycles. The Morgan fingerprint density at radius 1 is 1.22 bits per heavy atom. The molecule has 1 heterocycles. The highest BCUT2D eigenvalue weighted by atomic mass is 19.1. The zero-order chi connectivity index (χ0) is 16.4. The topological polar surface area (TPSA) is 46.3 Å². The number of benzene rings is 2. The average Bonchev–Trinajstić information content (AvgIpc) is 2.98. The van der Waals surface area contributed by atoms with Gasteiger partial charge in [0.25, 0.3) is 5.91 Å². The average molecular weight is 312 g/mol. The van der Waals surface area contributed by atoms with Crippen LogP contribution in [0.25, 0.3) is 0 Å². The molecule has 1 amide bonds. The van der Waals surface area contributed by atoms with Crippen LogP contribution in [0.5, 0.6) is 0 Å². The summed E-state index contributed by atoms with van der Waals surface area (Å²) in [4.78, 5) is 14.5. The molecule has 2 N–H and O–H groups in total. The molecule has 1 saturated heterocycles. The minimum Gasteiger partial charge on any atom is -0.338 e. The van der Waals surface area contributed by atoms with Crippen molar-refractivity contribution in [1.29, 1.82) is 0 Å². The van der Waals surface area contributed by atoms with Gasteiger partial charge in [0.15, 0.2) is 0 Å². The molecule has 2 aromatic rings. The molecule has 0 unspecified atom stereocenters. The van der Waals surface area contributed by atoms with E-state index in [-0.39, 0.29) is 23.6 Å². The van der Waals surface area contributed by atoms with E-state index in [1.54, 1.807) is 17.9 Å². The van der Waals surface area contributed by atoms with E-state index in [1.807, 2.05) is 18.2 Å². The summed E-state index contributed by atoms with van der Waals surface area (Å²) >= 11 is 0. The van der Waals surface area contributed by atoms with Crippen molar-refractivity contribution in [1.82, 2.24) is 4.90 Å². The standard InChI is InChI=1S/C19H21FN2O/c1-13-7-15(9-17(20)8-13)19(23)22-11-16(10-21)18(12-22)14-5-3-2-4-6-14/h2-9,16,18H,10-12,21H2,1H3/t16-,18+/m1/s1. The fourth-order valence-electron chi connectivity index (χ4n) is 3.40. The maximum absolute atomic E-state index is 13.6. The van der Waals surface area contributed by atoms with Crippen LogP contribution in [0, 0.1) is 18.7 Å². The molecule has 2 atom stereocenters. The van der Waals surface area contributed by atoms with Crippen LogP contribution >= 0.6 is 0 Å². The second-order valence-electron chi connectivity index (χ2n) is 6.24. The molecule has 1 aliphatic heterocycles. The Balaban J connectivity index is 1.83. The third kappa shape index (κ3) is 3.27. The fraction of sp³-hybridized carbons (Fsp3) is 0.316. The summed E-state index contributed by atoms with van der Waals surface area (Å²) in [5.41, 5.74) is 8.28. The van der Waals surface area contributed by atoms with E-state index in [9.17, 15) is 9.18 Å². The van der Waals surface area contributed by atoms with E-state index in [0.717, 1.165) is 5.56 Å². The number of amides is 1. The van der Waals surface area contributed by atoms with E-state index < -0.39 is 0 Å². The number of rotatable bonds is 3. The number of halogens is 1. The SMILES string of the molecule is Cc1cc(F)cc(C(=O)N2C[C@@H](CN)[C@H](c3ccccc3)C2)c1. The maximum atomic E-state index is 13.6. The summed E-state index contributed by atoms with van der Waals surface area (Å²) < 4.78 is 13.6. The zero-order valence-corrected chi connectivity index (χ0v) is 13.2. The first-order valence-electron chi connectivity index (χ1n) is 7.90. The molecule has 1 fully saturated rings. The van der Waals surface area contributed by atoms with E-state index in [1.165, 1.54) is 17.7 Å². The highest BCUT2D eigenvalue weighted by Crippen LogP contribution is 2.32. The number of hydrogen-bond acceptors (Lipinski definition) is 2. The lowest BCUT2D eigenvalue weighted by Gasteiger charge is -2.17. The van der Waals surface area contributed by atoms with Gasteiger partial charge >= 0.3 is 0 Å². The van der Waals surface area contributed by atoms with Crippen LogP contribution in [-0.4, -0.2) is 30.4 Å². The van der Waals surface area contributed by atoms with Crippen LogP contribution in [-0.2, 0) is 0 Å². The van der Waals surface area contributed by atoms with Gasteiger partial charge in [-0.25, -0.2) is 4.39 Å². The number of aryl methyl sites for hydroxylation is 1. The molecule has 4 heteroatoms. The molecule has 0 aliphatic carbocycles. The van der Waals surface area contributed by atoms with E-state index in [4.69, 9.17) is 5.73 Å². The van der Waals surface area contributed by atoms with Crippen LogP contribution in [0.3, 0.4) is 0 Å². The summed E-state index contributed by atoms with van der Waals surface area (Å²) in [6.45, 7) is 3.57. The Morgan fingerprint density at radius 2 is 1.96 bits per heavy atom. The second kappa shape index (κ2) is 6.50. The summed E-state index contributed by atoms with van der Waals surface area (Å²) in [5, 5.41) is 0. The lowest BCUT2D eigenvalue weighted by atomic mass is 9.89. The highest BCUT2D eigenvalue weighted by Gasteiger charge is 2.35. The minimum absolute atomic E-state index is 0.121. The van der Waals surface area contributed by atoms with Crippen LogP contribution in [0.15, 0.2) is 48.5 Å². The quantitative estimate of drug-likeness (QED) is 0.947. The predicted molar refractivity (Wildman–Crippen MR) is 88.8 cm³/mol. The Morgan fingerprint density at radius 3 is 2.61 bits per heavy atom. The van der Waals surface area contributed by atoms with Crippen LogP contribution in [0.4, 0.5) is 4.39 Å². The van der Waals surface area contributed by atoms with Gasteiger partial charge in [0, 0.05) is 24.6 Å². The lowest BCUT2D eigenvalue weighted by Crippen LogP contribution is -2.30. The Hall–Kier alpha value is -2.20. The van der Waals surface area contributed by atoms with Crippen LogP contribution in [0.2, 0.25) is 0 Å². The molecule has 3 rings (SSSR count). The van der Waals surface area contributed by atoms with Crippen molar-refractivity contribution in [2.75, 3.05) is 19.6 Å². The van der Waals surface area contributed by atoms with Gasteiger partial charge in [0.05, 0.1) is 0 Å². The third-order valence-electron chi connectivity index (χ3n) is 4.55. The Kier molecular flexibility index (Phi) is 4.44. The third-order valence-corrected chi connectivity index (χ3v) is 4.55. The predicted octanol–water partition coefficient (Wildman–Crippen LogP) is 2.95. The molecule has 0 bridgehead atoms. The van der Waals surface area contributed by atoms with Crippen molar-refractivity contribution < 1.29 is 9.18 Å². The molecule has 2 aromatic carbocycles. The van der Waals surface area contributed by atoms with E-state index in [2.05, 4.69) is 12.1 Å². The molecule has 1 aliphatic rings. The number of hydrogen-bond donors (Lipinski definition) is 1.